The maximum Gasteiger partial charge on any atom is 0.270 e. The predicted molar refractivity (Wildman–Crippen MR) is 655 cm³/mol. The van der Waals surface area contributed by atoms with Crippen LogP contribution >= 0.6 is 487 Å². The zero-order valence-electron chi connectivity index (χ0n) is 52.8. The van der Waals surface area contributed by atoms with Crippen molar-refractivity contribution in [2.24, 2.45) is 0 Å². The van der Waals surface area contributed by atoms with Crippen molar-refractivity contribution in [3.63, 3.8) is 0 Å². The first-order chi connectivity index (χ1) is 46.6. The van der Waals surface area contributed by atoms with Crippen molar-refractivity contribution in [2.75, 3.05) is 25.6 Å². The number of aromatic nitrogens is 4. The molecule has 36 unspecified atom stereocenters. The Hall–Kier alpha value is 22.5. The van der Waals surface area contributed by atoms with Gasteiger partial charge in [0.15, 0.2) is 21.3 Å². The van der Waals surface area contributed by atoms with Gasteiger partial charge in [0.1, 0.15) is 0 Å². The first-order valence-electron chi connectivity index (χ1n) is 26.5. The van der Waals surface area contributed by atoms with Crippen molar-refractivity contribution in [3.8, 4) is 34.3 Å². The molecule has 5 rings (SSSR count). The third-order valence-electron chi connectivity index (χ3n) is 12.0. The van der Waals surface area contributed by atoms with Crippen LogP contribution < -0.4 is 11.1 Å². The molecular formula is C27H93N6O5P61S. The normalized spacial score (nSPS) is 16.2. The van der Waals surface area contributed by atoms with Crippen LogP contribution in [0.5, 0.6) is 0 Å². The summed E-state index contributed by atoms with van der Waals surface area (Å²) in [4.78, 5) is 8.97. The van der Waals surface area contributed by atoms with Crippen LogP contribution in [0, 0.1) is 0 Å². The number of benzene rings is 2. The summed E-state index contributed by atoms with van der Waals surface area (Å²) in [6, 6.07) is 14.6. The first-order valence-corrected chi connectivity index (χ1v) is 139. The zero-order chi connectivity index (χ0) is 75.9. The SMILES string of the molecule is CC(CCO)S(=O)(=O)c1ccc(-c2cnc(N)c(-c3nnc(-c4ccc(CN[C@@H]5CCOC5)cc4)o3)n2)cc1.PPP(P(P)P)P(P(P(P)P)P(P)P)P(P(P(P(P)P)P(P)P)P(P(P)P)P(P)P)P(P(P(P(P)P)P(P)P)P(P(P)P)P(P)P)P(P(P(P)P)P(P)P)P(P(P)P)P(P)P. The monoisotopic (exact) mass is 2500 g/mol. The topological polar surface area (TPSA) is 166 Å². The number of aliphatic hydroxyl groups excluding tert-OH is 1. The first kappa shape index (κ1) is 115. The van der Waals surface area contributed by atoms with Crippen molar-refractivity contribution in [3.05, 3.63) is 60.3 Å². The van der Waals surface area contributed by atoms with E-state index in [0.717, 1.165) is 45.3 Å². The molecule has 1 aliphatic heterocycles. The standard InChI is InChI=1S/C27H30N6O5S.H63P61/c1-17(10-12-34)39(35,36)22-8-6-19(7-9-22)23-15-30-25(28)24(31-23)27-33-32-26(38-27)20-4-2-18(3-5-20)14-29-21-11-13-37-16-21;1-32-48(33(2)3)56(49(34(4)5)35(6)7)60(57(50(36(8)9)37(10)11)51(38(12)13)39(14)15)61(58(52(40(16)17)41(18)19)53(42(20)21)43(22)23)59(54(44(24)25)45(26)27)55(46(28)29)47(30)31/h2-9,15,17,21,29,34H,10-14,16H2,1H3,(H2,28,30);32H,1-31H2/t17?,21-;/m1./s1. The number of aliphatic hydroxyl groups is 1. The smallest absolute Gasteiger partial charge is 0.270 e. The lowest BCUT2D eigenvalue weighted by Crippen LogP contribution is -2.28. The molecular weight excluding hydrogens is 2410 g/mol. The molecule has 1 aliphatic rings. The number of rotatable bonds is 39. The van der Waals surface area contributed by atoms with Crippen LogP contribution in [0.4, 0.5) is 5.82 Å². The Balaban J connectivity index is 0.000000462. The van der Waals surface area contributed by atoms with Gasteiger partial charge in [-0.25, -0.2) is 18.4 Å². The third-order valence-corrected chi connectivity index (χ3v) is 439. The molecule has 11 nitrogen and oxygen atoms in total. The van der Waals surface area contributed by atoms with Crippen molar-refractivity contribution in [1.29, 1.82) is 0 Å². The molecule has 0 radical (unpaired) electrons. The summed E-state index contributed by atoms with van der Waals surface area (Å²) in [5, 5.41) is 20.2. The molecule has 0 saturated carbocycles. The van der Waals surface area contributed by atoms with Gasteiger partial charge in [-0.3, -0.25) is 0 Å². The number of ether oxygens (including phenoxy) is 1. The molecule has 0 bridgehead atoms. The van der Waals surface area contributed by atoms with Gasteiger partial charge in [0.25, 0.3) is 5.89 Å². The number of hydrogen-bond acceptors (Lipinski definition) is 11. The van der Waals surface area contributed by atoms with Gasteiger partial charge in [-0.15, -0.1) is 287 Å². The largest absolute Gasteiger partial charge is 0.414 e. The van der Waals surface area contributed by atoms with Gasteiger partial charge in [-0.2, -0.15) is 0 Å². The summed E-state index contributed by atoms with van der Waals surface area (Å²) in [6.07, 6.45) is 2.69. The number of nitrogens with two attached hydrogens (primary N) is 1. The fraction of sp³-hybridized carbons (Fsp3) is 0.333. The quantitative estimate of drug-likeness (QED) is 0.0364. The maximum absolute atomic E-state index is 12.7. The van der Waals surface area contributed by atoms with Crippen LogP contribution in [0.3, 0.4) is 0 Å². The zero-order valence-corrected chi connectivity index (χ0v) is 116. The molecule has 4 aromatic rings. The third kappa shape index (κ3) is 36.4. The summed E-state index contributed by atoms with van der Waals surface area (Å²) in [5.41, 5.74) is 9.32. The van der Waals surface area contributed by atoms with E-state index in [9.17, 15) is 8.42 Å². The Morgan fingerprint density at radius 2 is 0.860 bits per heavy atom. The number of nitrogen functional groups attached to an aromatic ring is 1. The molecule has 1 saturated heterocycles. The Kier molecular flexibility index (Phi) is 68.9. The van der Waals surface area contributed by atoms with Crippen molar-refractivity contribution in [1.82, 2.24) is 25.5 Å². The maximum atomic E-state index is 12.7. The molecule has 3 heterocycles. The Bertz CT molecular complexity index is 2960. The molecule has 1 fully saturated rings. The molecule has 0 spiro atoms. The molecule has 37 atom stereocenters. The minimum atomic E-state index is -3.55. The Morgan fingerprint density at radius 3 is 1.20 bits per heavy atom. The van der Waals surface area contributed by atoms with Crippen LogP contribution in [0.2, 0.25) is 0 Å². The predicted octanol–water partition coefficient (Wildman–Crippen LogP) is 38.5. The second kappa shape index (κ2) is 60.0. The average Bonchev–Trinajstić information content (AvgIpc) is 0.866. The fourth-order valence-corrected chi connectivity index (χ4v) is 889. The summed E-state index contributed by atoms with van der Waals surface area (Å²) < 4.78 is 36.7. The van der Waals surface area contributed by atoms with E-state index in [2.05, 4.69) is 302 Å². The summed E-state index contributed by atoms with van der Waals surface area (Å²) in [6.45, 7) is -2.88. The van der Waals surface area contributed by atoms with Gasteiger partial charge in [0.05, 0.1) is 28.6 Å². The van der Waals surface area contributed by atoms with E-state index in [1.807, 2.05) is 24.3 Å². The number of nitrogens with zero attached hydrogens (tertiary/aromatic N) is 4. The summed E-state index contributed by atoms with van der Waals surface area (Å²) in [7, 11) is 108. The molecule has 572 valence electrons. The van der Waals surface area contributed by atoms with Gasteiger partial charge >= 0.3 is 0 Å². The second-order valence-electron chi connectivity index (χ2n) is 19.0. The minimum Gasteiger partial charge on any atom is -0.414 e. The Labute approximate surface area is 704 Å². The molecule has 4 N–H and O–H groups in total. The summed E-state index contributed by atoms with van der Waals surface area (Å²) >= 11 is 0. The van der Waals surface area contributed by atoms with Crippen molar-refractivity contribution in [2.45, 2.75) is 42.5 Å². The van der Waals surface area contributed by atoms with E-state index in [4.69, 9.17) is 20.0 Å². The van der Waals surface area contributed by atoms with Crippen molar-refractivity contribution < 1.29 is 22.7 Å². The second-order valence-corrected chi connectivity index (χ2v) is 271. The lowest BCUT2D eigenvalue weighted by atomic mass is 10.1. The van der Waals surface area contributed by atoms with E-state index in [1.165, 1.54) is 18.3 Å². The Morgan fingerprint density at radius 1 is 0.510 bits per heavy atom. The highest BCUT2D eigenvalue weighted by molar-refractivity contribution is 9.54. The highest BCUT2D eigenvalue weighted by Gasteiger charge is 2.61. The summed E-state index contributed by atoms with van der Waals surface area (Å²) in [5.74, 6) is 0.580. The van der Waals surface area contributed by atoms with E-state index in [-0.39, 0.29) is 238 Å². The fourth-order valence-electron chi connectivity index (χ4n) is 7.87. The average molecular weight is 2500 g/mol. The molecule has 2 aromatic carbocycles. The van der Waals surface area contributed by atoms with Gasteiger partial charge in [0.2, 0.25) is 5.89 Å². The lowest BCUT2D eigenvalue weighted by Gasteiger charge is -2.60. The molecule has 0 aliphatic carbocycles. The van der Waals surface area contributed by atoms with E-state index in [1.54, 1.807) is 19.1 Å². The number of sulfone groups is 1. The number of nitrogens with one attached hydrogen (secondary N) is 1. The number of hydrogen-bond donors (Lipinski definition) is 3. The molecule has 0 amide bonds. The highest BCUT2D eigenvalue weighted by Crippen LogP contribution is 3.49. The van der Waals surface area contributed by atoms with E-state index < -0.39 is 15.1 Å². The van der Waals surface area contributed by atoms with Gasteiger partial charge in [-0.05, 0) is 252 Å². The lowest BCUT2D eigenvalue weighted by molar-refractivity contribution is 0.190. The van der Waals surface area contributed by atoms with Crippen LogP contribution in [0.15, 0.2) is 64.0 Å². The van der Waals surface area contributed by atoms with Crippen LogP contribution in [-0.2, 0) is 21.1 Å². The molecule has 2 aromatic heterocycles. The van der Waals surface area contributed by atoms with Crippen LogP contribution in [0.25, 0.3) is 34.3 Å². The van der Waals surface area contributed by atoms with Gasteiger partial charge in [0, 0.05) is 36.9 Å². The van der Waals surface area contributed by atoms with Gasteiger partial charge in [-0.1, -0.05) is 32.2 Å². The molecule has 100 heavy (non-hydrogen) atoms. The van der Waals surface area contributed by atoms with E-state index >= 15 is 0 Å². The van der Waals surface area contributed by atoms with Gasteiger partial charge < -0.3 is 25.3 Å². The van der Waals surface area contributed by atoms with E-state index in [0.29, 0.717) is 23.2 Å². The molecule has 73 heteroatoms. The number of anilines is 1. The van der Waals surface area contributed by atoms with Crippen molar-refractivity contribution >= 4 is 503 Å². The van der Waals surface area contributed by atoms with Crippen LogP contribution in [-0.4, -0.2) is 64.8 Å². The highest BCUT2D eigenvalue weighted by atomic mass is 33.6. The minimum absolute atomic E-state index is 0.126. The van der Waals surface area contributed by atoms with Crippen LogP contribution in [0.1, 0.15) is 25.3 Å².